The number of hydrogen-bond donors (Lipinski definition) is 0. The molecule has 3 heterocycles. The van der Waals surface area contributed by atoms with Crippen LogP contribution < -0.4 is 0 Å². The number of rotatable bonds is 3. The van der Waals surface area contributed by atoms with Gasteiger partial charge in [0.1, 0.15) is 12.1 Å². The molecule has 0 spiro atoms. The molecule has 4 nitrogen and oxygen atoms in total. The first-order valence-corrected chi connectivity index (χ1v) is 9.47. The van der Waals surface area contributed by atoms with E-state index in [-0.39, 0.29) is 30.3 Å². The van der Waals surface area contributed by atoms with Crippen molar-refractivity contribution in [3.63, 3.8) is 0 Å². The van der Waals surface area contributed by atoms with Crippen molar-refractivity contribution in [2.24, 2.45) is 0 Å². The average Bonchev–Trinajstić information content (AvgIpc) is 3.32. The average molecular weight is 358 g/mol. The predicted octanol–water partition coefficient (Wildman–Crippen LogP) is 4.27. The lowest BCUT2D eigenvalue weighted by Gasteiger charge is -2.37. The molecule has 0 N–H and O–H groups in total. The van der Waals surface area contributed by atoms with Crippen LogP contribution in [0.3, 0.4) is 0 Å². The lowest BCUT2D eigenvalue weighted by Crippen LogP contribution is -2.46. The van der Waals surface area contributed by atoms with E-state index >= 15 is 0 Å². The van der Waals surface area contributed by atoms with Gasteiger partial charge in [0, 0.05) is 12.6 Å². The molecule has 1 saturated heterocycles. The van der Waals surface area contributed by atoms with Crippen molar-refractivity contribution in [2.45, 2.75) is 37.8 Å². The first kappa shape index (κ1) is 16.3. The van der Waals surface area contributed by atoms with Gasteiger partial charge in [0.25, 0.3) is 0 Å². The lowest BCUT2D eigenvalue weighted by atomic mass is 9.99. The second-order valence-electron chi connectivity index (χ2n) is 7.35. The highest BCUT2D eigenvalue weighted by atomic mass is 16.5. The second kappa shape index (κ2) is 6.39. The molecule has 136 valence electrons. The number of carbonyl (C=O) groups is 1. The van der Waals surface area contributed by atoms with Crippen LogP contribution in [0.2, 0.25) is 0 Å². The van der Waals surface area contributed by atoms with Gasteiger partial charge in [-0.1, -0.05) is 60.7 Å². The van der Waals surface area contributed by atoms with Gasteiger partial charge in [-0.15, -0.1) is 0 Å². The third-order valence-corrected chi connectivity index (χ3v) is 5.75. The first-order valence-electron chi connectivity index (χ1n) is 9.47. The zero-order valence-corrected chi connectivity index (χ0v) is 15.2. The van der Waals surface area contributed by atoms with Crippen LogP contribution in [0.5, 0.6) is 0 Å². The quantitative estimate of drug-likeness (QED) is 0.701. The summed E-state index contributed by atoms with van der Waals surface area (Å²) in [5, 5.41) is 0. The molecule has 1 amide bonds. The number of fused-ring (bicyclic) bond motifs is 3. The summed E-state index contributed by atoms with van der Waals surface area (Å²) in [5.41, 5.74) is 3.34. The van der Waals surface area contributed by atoms with Crippen molar-refractivity contribution in [1.29, 1.82) is 0 Å². The number of carbonyl (C=O) groups excluding carboxylic acids is 1. The Bertz CT molecular complexity index is 951. The molecule has 4 heteroatoms. The highest BCUT2D eigenvalue weighted by Gasteiger charge is 2.50. The minimum Gasteiger partial charge on any atom is -0.342 e. The monoisotopic (exact) mass is 358 g/mol. The molecule has 2 aromatic carbocycles. The molecule has 1 aromatic heterocycles. The third kappa shape index (κ3) is 2.60. The van der Waals surface area contributed by atoms with Crippen molar-refractivity contribution in [1.82, 2.24) is 9.47 Å². The number of amides is 1. The number of benzene rings is 2. The third-order valence-electron chi connectivity index (χ3n) is 5.75. The van der Waals surface area contributed by atoms with E-state index in [0.717, 1.165) is 11.3 Å². The van der Waals surface area contributed by atoms with Gasteiger partial charge in [-0.25, -0.2) is 0 Å². The molecule has 0 aliphatic carbocycles. The summed E-state index contributed by atoms with van der Waals surface area (Å²) >= 11 is 0. The molecular formula is C23H22N2O2. The molecule has 2 aliphatic rings. The Morgan fingerprint density at radius 3 is 2.37 bits per heavy atom. The summed E-state index contributed by atoms with van der Waals surface area (Å²) in [4.78, 5) is 15.4. The summed E-state index contributed by atoms with van der Waals surface area (Å²) in [6.45, 7) is 2.09. The minimum atomic E-state index is -0.320. The second-order valence-corrected chi connectivity index (χ2v) is 7.35. The summed E-state index contributed by atoms with van der Waals surface area (Å²) < 4.78 is 8.50. The molecule has 0 bridgehead atoms. The molecule has 0 saturated carbocycles. The Morgan fingerprint density at radius 2 is 1.63 bits per heavy atom. The van der Waals surface area contributed by atoms with Crippen LogP contribution in [0.25, 0.3) is 0 Å². The summed E-state index contributed by atoms with van der Waals surface area (Å²) in [7, 11) is 0. The summed E-state index contributed by atoms with van der Waals surface area (Å²) in [6.07, 6.45) is 2.26. The van der Waals surface area contributed by atoms with Crippen LogP contribution in [0.1, 0.15) is 42.1 Å². The predicted molar refractivity (Wildman–Crippen MR) is 103 cm³/mol. The van der Waals surface area contributed by atoms with Crippen LogP contribution in [0.4, 0.5) is 0 Å². The Balaban J connectivity index is 1.52. The minimum absolute atomic E-state index is 0.00757. The van der Waals surface area contributed by atoms with Gasteiger partial charge < -0.3 is 14.2 Å². The normalized spacial score (nSPS) is 26.7. The molecule has 5 rings (SSSR count). The smallest absolute Gasteiger partial charge is 0.248 e. The number of ether oxygens (including phenoxy) is 1. The van der Waals surface area contributed by atoms with E-state index in [1.165, 1.54) is 5.56 Å². The molecular weight excluding hydrogens is 336 g/mol. The van der Waals surface area contributed by atoms with E-state index in [9.17, 15) is 4.79 Å². The molecule has 3 aromatic rings. The Labute approximate surface area is 159 Å². The molecule has 0 unspecified atom stereocenters. The van der Waals surface area contributed by atoms with Gasteiger partial charge in [-0.05, 0) is 30.2 Å². The van der Waals surface area contributed by atoms with E-state index in [0.29, 0.717) is 6.42 Å². The highest BCUT2D eigenvalue weighted by Crippen LogP contribution is 2.46. The standard InChI is InChI=1S/C23H22N2O2/c1-16-21(18-11-6-3-7-12-18)27-23-19-13-8-14-24(19)20(22(26)25(16)23)15-17-9-4-2-5-10-17/h2-14,16,20-21,23H,15H2,1H3/t16-,20-,21-,23+/m0/s1. The van der Waals surface area contributed by atoms with Gasteiger partial charge in [-0.2, -0.15) is 0 Å². The Kier molecular flexibility index (Phi) is 3.87. The summed E-state index contributed by atoms with van der Waals surface area (Å²) in [6, 6.07) is 24.2. The van der Waals surface area contributed by atoms with Gasteiger partial charge in [-0.3, -0.25) is 4.79 Å². The van der Waals surface area contributed by atoms with Crippen LogP contribution in [-0.4, -0.2) is 21.4 Å². The van der Waals surface area contributed by atoms with E-state index in [4.69, 9.17) is 4.74 Å². The number of hydrogen-bond acceptors (Lipinski definition) is 2. The van der Waals surface area contributed by atoms with Gasteiger partial charge in [0.05, 0.1) is 11.7 Å². The van der Waals surface area contributed by atoms with Crippen molar-refractivity contribution < 1.29 is 9.53 Å². The van der Waals surface area contributed by atoms with Crippen LogP contribution in [0.15, 0.2) is 79.0 Å². The number of nitrogens with zero attached hydrogens (tertiary/aromatic N) is 2. The van der Waals surface area contributed by atoms with Crippen molar-refractivity contribution >= 4 is 5.91 Å². The Hall–Kier alpha value is -2.85. The maximum atomic E-state index is 13.5. The van der Waals surface area contributed by atoms with Crippen LogP contribution in [-0.2, 0) is 16.0 Å². The van der Waals surface area contributed by atoms with Crippen molar-refractivity contribution in [3.05, 3.63) is 95.8 Å². The van der Waals surface area contributed by atoms with E-state index in [1.54, 1.807) is 0 Å². The van der Waals surface area contributed by atoms with E-state index < -0.39 is 0 Å². The zero-order valence-electron chi connectivity index (χ0n) is 15.2. The fraction of sp³-hybridized carbons (Fsp3) is 0.261. The molecule has 4 atom stereocenters. The molecule has 2 aliphatic heterocycles. The van der Waals surface area contributed by atoms with Crippen molar-refractivity contribution in [2.75, 3.05) is 0 Å². The molecule has 1 fully saturated rings. The first-order chi connectivity index (χ1) is 13.2. The van der Waals surface area contributed by atoms with Crippen LogP contribution in [0, 0.1) is 0 Å². The van der Waals surface area contributed by atoms with E-state index in [1.807, 2.05) is 53.6 Å². The van der Waals surface area contributed by atoms with Gasteiger partial charge >= 0.3 is 0 Å². The SMILES string of the molecule is C[C@H]1[C@@H](c2ccccc2)O[C@@H]2c3cccn3[C@@H](Cc3ccccc3)C(=O)N21. The van der Waals surface area contributed by atoms with Crippen molar-refractivity contribution in [3.8, 4) is 0 Å². The summed E-state index contributed by atoms with van der Waals surface area (Å²) in [5.74, 6) is 0.137. The van der Waals surface area contributed by atoms with Gasteiger partial charge in [0.2, 0.25) is 5.91 Å². The lowest BCUT2D eigenvalue weighted by molar-refractivity contribution is -0.145. The van der Waals surface area contributed by atoms with Gasteiger partial charge in [0.15, 0.2) is 6.23 Å². The maximum Gasteiger partial charge on any atom is 0.248 e. The fourth-order valence-corrected chi connectivity index (χ4v) is 4.42. The highest BCUT2D eigenvalue weighted by molar-refractivity contribution is 5.83. The maximum absolute atomic E-state index is 13.5. The molecule has 0 radical (unpaired) electrons. The Morgan fingerprint density at radius 1 is 0.926 bits per heavy atom. The largest absolute Gasteiger partial charge is 0.342 e. The van der Waals surface area contributed by atoms with Crippen LogP contribution >= 0.6 is 0 Å². The van der Waals surface area contributed by atoms with E-state index in [2.05, 4.69) is 41.8 Å². The topological polar surface area (TPSA) is 34.5 Å². The molecule has 27 heavy (non-hydrogen) atoms. The zero-order chi connectivity index (χ0) is 18.4. The fourth-order valence-electron chi connectivity index (χ4n) is 4.42. The number of aromatic nitrogens is 1.